The zero-order chi connectivity index (χ0) is 15.8. The number of anilines is 1. The molecule has 0 radical (unpaired) electrons. The molecule has 0 saturated carbocycles. The summed E-state index contributed by atoms with van der Waals surface area (Å²) in [5, 5.41) is 5.96. The molecule has 2 aromatic heterocycles. The van der Waals surface area contributed by atoms with Crippen LogP contribution in [0.15, 0.2) is 30.5 Å². The fourth-order valence-corrected chi connectivity index (χ4v) is 1.90. The lowest BCUT2D eigenvalue weighted by Gasteiger charge is -2.08. The van der Waals surface area contributed by atoms with E-state index in [1.807, 2.05) is 25.1 Å². The van der Waals surface area contributed by atoms with Crippen LogP contribution in [0.3, 0.4) is 0 Å². The number of amides is 1. The van der Waals surface area contributed by atoms with Gasteiger partial charge < -0.3 is 10.6 Å². The maximum Gasteiger partial charge on any atom is 0.270 e. The summed E-state index contributed by atoms with van der Waals surface area (Å²) in [4.78, 5) is 24.9. The van der Waals surface area contributed by atoms with Crippen molar-refractivity contribution < 1.29 is 4.79 Å². The molecule has 22 heavy (non-hydrogen) atoms. The van der Waals surface area contributed by atoms with Crippen LogP contribution in [0.25, 0.3) is 0 Å². The van der Waals surface area contributed by atoms with Gasteiger partial charge >= 0.3 is 0 Å². The smallest absolute Gasteiger partial charge is 0.270 e. The van der Waals surface area contributed by atoms with E-state index in [0.717, 1.165) is 30.8 Å². The van der Waals surface area contributed by atoms with Crippen molar-refractivity contribution in [3.8, 4) is 0 Å². The molecule has 6 nitrogen and oxygen atoms in total. The summed E-state index contributed by atoms with van der Waals surface area (Å²) < 4.78 is 0. The third-order valence-corrected chi connectivity index (χ3v) is 3.06. The number of aromatic nitrogens is 3. The van der Waals surface area contributed by atoms with Crippen molar-refractivity contribution >= 4 is 11.9 Å². The highest BCUT2D eigenvalue weighted by molar-refractivity contribution is 5.92. The zero-order valence-electron chi connectivity index (χ0n) is 13.0. The molecule has 0 aliphatic heterocycles. The standard InChI is InChI=1S/C16H21N5O/c1-3-4-8-18-16-20-12(2)10-14(21-16)15(22)19-11-13-7-5-6-9-17-13/h5-7,9-10H,3-4,8,11H2,1-2H3,(H,19,22)(H,18,20,21). The molecule has 2 aromatic rings. The fraction of sp³-hybridized carbons (Fsp3) is 0.375. The highest BCUT2D eigenvalue weighted by Gasteiger charge is 2.10. The summed E-state index contributed by atoms with van der Waals surface area (Å²) in [6.45, 7) is 5.15. The summed E-state index contributed by atoms with van der Waals surface area (Å²) in [5.41, 5.74) is 1.93. The number of pyridine rings is 1. The van der Waals surface area contributed by atoms with E-state index in [9.17, 15) is 4.79 Å². The monoisotopic (exact) mass is 299 g/mol. The Morgan fingerprint density at radius 3 is 2.86 bits per heavy atom. The van der Waals surface area contributed by atoms with Crippen LogP contribution in [-0.4, -0.2) is 27.4 Å². The summed E-state index contributed by atoms with van der Waals surface area (Å²) >= 11 is 0. The summed E-state index contributed by atoms with van der Waals surface area (Å²) in [5.74, 6) is 0.270. The normalized spacial score (nSPS) is 10.3. The molecule has 0 spiro atoms. The Labute approximate surface area is 130 Å². The molecule has 0 aromatic carbocycles. The predicted octanol–water partition coefficient (Wildman–Crippen LogP) is 2.32. The SMILES string of the molecule is CCCCNc1nc(C)cc(C(=O)NCc2ccccn2)n1. The second-order valence-electron chi connectivity index (χ2n) is 5.00. The van der Waals surface area contributed by atoms with Crippen molar-refractivity contribution in [3.05, 3.63) is 47.5 Å². The van der Waals surface area contributed by atoms with Crippen LogP contribution < -0.4 is 10.6 Å². The molecule has 0 aliphatic rings. The Morgan fingerprint density at radius 1 is 1.27 bits per heavy atom. The van der Waals surface area contributed by atoms with Gasteiger partial charge in [0.25, 0.3) is 5.91 Å². The molecule has 2 heterocycles. The van der Waals surface area contributed by atoms with Gasteiger partial charge in [-0.25, -0.2) is 9.97 Å². The van der Waals surface area contributed by atoms with E-state index in [1.165, 1.54) is 0 Å². The fourth-order valence-electron chi connectivity index (χ4n) is 1.90. The molecule has 0 unspecified atom stereocenters. The number of nitrogens with zero attached hydrogens (tertiary/aromatic N) is 3. The summed E-state index contributed by atoms with van der Waals surface area (Å²) in [6, 6.07) is 7.27. The second kappa shape index (κ2) is 8.07. The van der Waals surface area contributed by atoms with Crippen LogP contribution in [0, 0.1) is 6.92 Å². The molecule has 0 saturated heterocycles. The van der Waals surface area contributed by atoms with Crippen LogP contribution in [0.1, 0.15) is 41.6 Å². The first-order chi connectivity index (χ1) is 10.7. The molecular formula is C16H21N5O. The number of aryl methyl sites for hydroxylation is 1. The Kier molecular flexibility index (Phi) is 5.82. The molecule has 2 rings (SSSR count). The first-order valence-corrected chi connectivity index (χ1v) is 7.46. The number of hydrogen-bond acceptors (Lipinski definition) is 5. The minimum Gasteiger partial charge on any atom is -0.354 e. The topological polar surface area (TPSA) is 79.8 Å². The van der Waals surface area contributed by atoms with Crippen LogP contribution >= 0.6 is 0 Å². The molecule has 0 fully saturated rings. The van der Waals surface area contributed by atoms with Gasteiger partial charge in [0.05, 0.1) is 12.2 Å². The second-order valence-corrected chi connectivity index (χ2v) is 5.00. The van der Waals surface area contributed by atoms with E-state index in [1.54, 1.807) is 12.3 Å². The molecule has 0 aliphatic carbocycles. The molecule has 0 bridgehead atoms. The van der Waals surface area contributed by atoms with Crippen LogP contribution in [0.4, 0.5) is 5.95 Å². The van der Waals surface area contributed by atoms with Crippen LogP contribution in [0.5, 0.6) is 0 Å². The van der Waals surface area contributed by atoms with Gasteiger partial charge in [-0.2, -0.15) is 0 Å². The number of rotatable bonds is 7. The third-order valence-electron chi connectivity index (χ3n) is 3.06. The van der Waals surface area contributed by atoms with Crippen molar-refractivity contribution in [2.24, 2.45) is 0 Å². The van der Waals surface area contributed by atoms with Gasteiger partial charge in [-0.15, -0.1) is 0 Å². The average molecular weight is 299 g/mol. The highest BCUT2D eigenvalue weighted by Crippen LogP contribution is 2.06. The van der Waals surface area contributed by atoms with E-state index in [4.69, 9.17) is 0 Å². The van der Waals surface area contributed by atoms with Gasteiger partial charge in [-0.3, -0.25) is 9.78 Å². The minimum absolute atomic E-state index is 0.227. The maximum atomic E-state index is 12.2. The largest absolute Gasteiger partial charge is 0.354 e. The first-order valence-electron chi connectivity index (χ1n) is 7.46. The lowest BCUT2D eigenvalue weighted by Crippen LogP contribution is -2.25. The summed E-state index contributed by atoms with van der Waals surface area (Å²) in [6.07, 6.45) is 3.83. The Bertz CT molecular complexity index is 615. The van der Waals surface area contributed by atoms with Crippen LogP contribution in [0.2, 0.25) is 0 Å². The molecule has 2 N–H and O–H groups in total. The number of nitrogens with one attached hydrogen (secondary N) is 2. The van der Waals surface area contributed by atoms with Crippen molar-refractivity contribution in [1.29, 1.82) is 0 Å². The summed E-state index contributed by atoms with van der Waals surface area (Å²) in [7, 11) is 0. The van der Waals surface area contributed by atoms with Gasteiger partial charge in [0.15, 0.2) is 0 Å². The van der Waals surface area contributed by atoms with Gasteiger partial charge in [0, 0.05) is 18.4 Å². The Morgan fingerprint density at radius 2 is 2.14 bits per heavy atom. The van der Waals surface area contributed by atoms with Crippen molar-refractivity contribution in [1.82, 2.24) is 20.3 Å². The number of hydrogen-bond donors (Lipinski definition) is 2. The minimum atomic E-state index is -0.227. The van der Waals surface area contributed by atoms with Gasteiger partial charge in [-0.05, 0) is 31.5 Å². The maximum absolute atomic E-state index is 12.2. The lowest BCUT2D eigenvalue weighted by atomic mass is 10.3. The van der Waals surface area contributed by atoms with Gasteiger partial charge in [0.1, 0.15) is 5.69 Å². The van der Waals surface area contributed by atoms with E-state index in [0.29, 0.717) is 18.2 Å². The first kappa shape index (κ1) is 15.9. The molecule has 116 valence electrons. The molecule has 0 atom stereocenters. The number of carbonyl (C=O) groups is 1. The van der Waals surface area contributed by atoms with Crippen molar-refractivity contribution in [2.75, 3.05) is 11.9 Å². The molecule has 6 heteroatoms. The third kappa shape index (κ3) is 4.80. The van der Waals surface area contributed by atoms with E-state index >= 15 is 0 Å². The zero-order valence-corrected chi connectivity index (χ0v) is 13.0. The van der Waals surface area contributed by atoms with E-state index in [2.05, 4.69) is 32.5 Å². The quantitative estimate of drug-likeness (QED) is 0.767. The van der Waals surface area contributed by atoms with Gasteiger partial charge in [0.2, 0.25) is 5.95 Å². The van der Waals surface area contributed by atoms with Crippen molar-refractivity contribution in [2.45, 2.75) is 33.2 Å². The average Bonchev–Trinajstić information content (AvgIpc) is 2.53. The Balaban J connectivity index is 1.99. The highest BCUT2D eigenvalue weighted by atomic mass is 16.1. The number of carbonyl (C=O) groups excluding carboxylic acids is 1. The van der Waals surface area contributed by atoms with E-state index < -0.39 is 0 Å². The number of unbranched alkanes of at least 4 members (excludes halogenated alkanes) is 1. The molecular weight excluding hydrogens is 278 g/mol. The van der Waals surface area contributed by atoms with Gasteiger partial charge in [-0.1, -0.05) is 19.4 Å². The predicted molar refractivity (Wildman–Crippen MR) is 85.6 cm³/mol. The Hall–Kier alpha value is -2.50. The lowest BCUT2D eigenvalue weighted by molar-refractivity contribution is 0.0945. The van der Waals surface area contributed by atoms with E-state index in [-0.39, 0.29) is 5.91 Å². The van der Waals surface area contributed by atoms with Crippen molar-refractivity contribution in [3.63, 3.8) is 0 Å². The van der Waals surface area contributed by atoms with Crippen LogP contribution in [-0.2, 0) is 6.54 Å². The molecule has 1 amide bonds.